The normalized spacial score (nSPS) is 15.9. The number of rotatable bonds is 15. The molecule has 0 bridgehead atoms. The molecule has 0 aromatic carbocycles. The third kappa shape index (κ3) is 14.6. The molecule has 0 fully saturated rings. The Morgan fingerprint density at radius 2 is 1.14 bits per heavy atom. The molecule has 0 amide bonds. The number of unbranched alkanes of at least 4 members (excludes halogenated alkanes) is 6. The minimum atomic E-state index is 0.212. The van der Waals surface area contributed by atoms with E-state index in [4.69, 9.17) is 9.47 Å². The zero-order valence-corrected chi connectivity index (χ0v) is 15.3. The summed E-state index contributed by atoms with van der Waals surface area (Å²) in [6.07, 6.45) is 13.9. The zero-order chi connectivity index (χ0) is 15.9. The minimum absolute atomic E-state index is 0.212. The van der Waals surface area contributed by atoms with E-state index >= 15 is 0 Å². The Morgan fingerprint density at radius 1 is 0.619 bits per heavy atom. The van der Waals surface area contributed by atoms with Crippen LogP contribution in [-0.2, 0) is 9.47 Å². The van der Waals surface area contributed by atoms with E-state index in [1.54, 1.807) is 0 Å². The van der Waals surface area contributed by atoms with Gasteiger partial charge in [0, 0.05) is 0 Å². The van der Waals surface area contributed by atoms with E-state index < -0.39 is 0 Å². The van der Waals surface area contributed by atoms with Crippen LogP contribution >= 0.6 is 0 Å². The van der Waals surface area contributed by atoms with E-state index in [1.807, 2.05) is 0 Å². The second-order valence-electron chi connectivity index (χ2n) is 6.60. The van der Waals surface area contributed by atoms with Crippen LogP contribution < -0.4 is 0 Å². The van der Waals surface area contributed by atoms with Crippen LogP contribution in [0.5, 0.6) is 0 Å². The van der Waals surface area contributed by atoms with Crippen LogP contribution in [0.1, 0.15) is 98.8 Å². The Balaban J connectivity index is 3.52. The lowest BCUT2D eigenvalue weighted by molar-refractivity contribution is -0.0625. The molecule has 2 nitrogen and oxygen atoms in total. The molecule has 3 atom stereocenters. The van der Waals surface area contributed by atoms with Gasteiger partial charge in [0.1, 0.15) is 0 Å². The van der Waals surface area contributed by atoms with Crippen molar-refractivity contribution in [1.29, 1.82) is 0 Å². The van der Waals surface area contributed by atoms with Gasteiger partial charge in [-0.1, -0.05) is 65.2 Å². The quantitative estimate of drug-likeness (QED) is 0.339. The SMILES string of the molecule is CCCCCCC(C)OCC(C)OC(C)CCCCCC. The fourth-order valence-corrected chi connectivity index (χ4v) is 2.60. The standard InChI is InChI=1S/C19H40O2/c1-6-8-10-12-14-17(3)20-16-19(5)21-18(4)15-13-11-9-7-2/h17-19H,6-16H2,1-5H3. The van der Waals surface area contributed by atoms with Gasteiger partial charge < -0.3 is 9.47 Å². The van der Waals surface area contributed by atoms with Crippen LogP contribution in [-0.4, -0.2) is 24.9 Å². The predicted molar refractivity (Wildman–Crippen MR) is 92.9 cm³/mol. The molecule has 3 unspecified atom stereocenters. The predicted octanol–water partition coefficient (Wildman–Crippen LogP) is 6.13. The summed E-state index contributed by atoms with van der Waals surface area (Å²) in [6.45, 7) is 11.7. The van der Waals surface area contributed by atoms with Gasteiger partial charge in [0.05, 0.1) is 24.9 Å². The van der Waals surface area contributed by atoms with Gasteiger partial charge in [-0.05, 0) is 33.6 Å². The van der Waals surface area contributed by atoms with Gasteiger partial charge in [-0.15, -0.1) is 0 Å². The van der Waals surface area contributed by atoms with Crippen LogP contribution in [0, 0.1) is 0 Å². The molecule has 128 valence electrons. The number of hydrogen-bond donors (Lipinski definition) is 0. The van der Waals surface area contributed by atoms with E-state index in [9.17, 15) is 0 Å². The summed E-state index contributed by atoms with van der Waals surface area (Å²) >= 11 is 0. The van der Waals surface area contributed by atoms with E-state index in [0.29, 0.717) is 12.2 Å². The second-order valence-corrected chi connectivity index (χ2v) is 6.60. The molecule has 0 saturated carbocycles. The molecular weight excluding hydrogens is 260 g/mol. The lowest BCUT2D eigenvalue weighted by Gasteiger charge is -2.21. The van der Waals surface area contributed by atoms with Gasteiger partial charge >= 0.3 is 0 Å². The molecule has 21 heavy (non-hydrogen) atoms. The Bertz CT molecular complexity index is 206. The van der Waals surface area contributed by atoms with Gasteiger partial charge in [-0.2, -0.15) is 0 Å². The minimum Gasteiger partial charge on any atom is -0.376 e. The summed E-state index contributed by atoms with van der Waals surface area (Å²) in [5.41, 5.74) is 0. The van der Waals surface area contributed by atoms with Crippen molar-refractivity contribution in [2.24, 2.45) is 0 Å². The van der Waals surface area contributed by atoms with Crippen LogP contribution in [0.15, 0.2) is 0 Å². The fraction of sp³-hybridized carbons (Fsp3) is 1.00. The molecule has 0 rings (SSSR count). The highest BCUT2D eigenvalue weighted by Gasteiger charge is 2.10. The maximum Gasteiger partial charge on any atom is 0.0784 e. The van der Waals surface area contributed by atoms with Crippen molar-refractivity contribution >= 4 is 0 Å². The van der Waals surface area contributed by atoms with Gasteiger partial charge in [-0.3, -0.25) is 0 Å². The molecule has 0 aliphatic rings. The Kier molecular flexibility index (Phi) is 14.8. The summed E-state index contributed by atoms with van der Waals surface area (Å²) < 4.78 is 11.9. The second kappa shape index (κ2) is 14.8. The maximum absolute atomic E-state index is 6.00. The van der Waals surface area contributed by atoms with Crippen LogP contribution in [0.25, 0.3) is 0 Å². The molecule has 0 saturated heterocycles. The van der Waals surface area contributed by atoms with Gasteiger partial charge in [0.2, 0.25) is 0 Å². The highest BCUT2D eigenvalue weighted by Crippen LogP contribution is 2.12. The zero-order valence-electron chi connectivity index (χ0n) is 15.3. The van der Waals surface area contributed by atoms with Crippen LogP contribution in [0.3, 0.4) is 0 Å². The average Bonchev–Trinajstić information content (AvgIpc) is 2.46. The first kappa shape index (κ1) is 20.9. The average molecular weight is 301 g/mol. The first-order chi connectivity index (χ1) is 10.1. The van der Waals surface area contributed by atoms with Crippen LogP contribution in [0.4, 0.5) is 0 Å². The Hall–Kier alpha value is -0.0800. The summed E-state index contributed by atoms with van der Waals surface area (Å²) in [5, 5.41) is 0. The van der Waals surface area contributed by atoms with E-state index in [-0.39, 0.29) is 6.10 Å². The topological polar surface area (TPSA) is 18.5 Å². The van der Waals surface area contributed by atoms with Gasteiger partial charge in [0.25, 0.3) is 0 Å². The molecule has 0 aliphatic carbocycles. The van der Waals surface area contributed by atoms with Crippen molar-refractivity contribution < 1.29 is 9.47 Å². The highest BCUT2D eigenvalue weighted by molar-refractivity contribution is 4.58. The molecule has 2 heteroatoms. The molecule has 0 aliphatic heterocycles. The highest BCUT2D eigenvalue weighted by atomic mass is 16.5. The smallest absolute Gasteiger partial charge is 0.0784 e. The van der Waals surface area contributed by atoms with Crippen molar-refractivity contribution in [3.63, 3.8) is 0 Å². The first-order valence-corrected chi connectivity index (χ1v) is 9.37. The lowest BCUT2D eigenvalue weighted by atomic mass is 10.1. The van der Waals surface area contributed by atoms with E-state index in [1.165, 1.54) is 64.2 Å². The van der Waals surface area contributed by atoms with Crippen molar-refractivity contribution in [1.82, 2.24) is 0 Å². The van der Waals surface area contributed by atoms with Gasteiger partial charge in [0.15, 0.2) is 0 Å². The molecule has 0 spiro atoms. The van der Waals surface area contributed by atoms with Crippen molar-refractivity contribution in [3.8, 4) is 0 Å². The third-order valence-corrected chi connectivity index (χ3v) is 4.01. The summed E-state index contributed by atoms with van der Waals surface area (Å²) in [4.78, 5) is 0. The molecular formula is C19H40O2. The largest absolute Gasteiger partial charge is 0.376 e. The summed E-state index contributed by atoms with van der Waals surface area (Å²) in [7, 11) is 0. The molecule has 0 aromatic rings. The van der Waals surface area contributed by atoms with Crippen molar-refractivity contribution in [2.45, 2.75) is 117 Å². The number of ether oxygens (including phenoxy) is 2. The van der Waals surface area contributed by atoms with Crippen LogP contribution in [0.2, 0.25) is 0 Å². The molecule has 0 N–H and O–H groups in total. The molecule has 0 radical (unpaired) electrons. The maximum atomic E-state index is 6.00. The first-order valence-electron chi connectivity index (χ1n) is 9.37. The Labute approximate surface area is 134 Å². The number of hydrogen-bond acceptors (Lipinski definition) is 2. The van der Waals surface area contributed by atoms with Crippen molar-refractivity contribution in [3.05, 3.63) is 0 Å². The fourth-order valence-electron chi connectivity index (χ4n) is 2.60. The van der Waals surface area contributed by atoms with Gasteiger partial charge in [-0.25, -0.2) is 0 Å². The lowest BCUT2D eigenvalue weighted by Crippen LogP contribution is -2.24. The third-order valence-electron chi connectivity index (χ3n) is 4.01. The molecule has 0 heterocycles. The van der Waals surface area contributed by atoms with E-state index in [0.717, 1.165) is 6.61 Å². The molecule has 0 aromatic heterocycles. The summed E-state index contributed by atoms with van der Waals surface area (Å²) in [5.74, 6) is 0. The van der Waals surface area contributed by atoms with Crippen molar-refractivity contribution in [2.75, 3.05) is 6.61 Å². The summed E-state index contributed by atoms with van der Waals surface area (Å²) in [6, 6.07) is 0. The monoisotopic (exact) mass is 300 g/mol. The van der Waals surface area contributed by atoms with E-state index in [2.05, 4.69) is 34.6 Å². The Morgan fingerprint density at radius 3 is 1.67 bits per heavy atom.